The van der Waals surface area contributed by atoms with E-state index in [0.717, 1.165) is 11.3 Å². The lowest BCUT2D eigenvalue weighted by atomic mass is 9.89. The molecule has 3 heteroatoms. The van der Waals surface area contributed by atoms with Gasteiger partial charge in [0.25, 0.3) is 0 Å². The fourth-order valence-corrected chi connectivity index (χ4v) is 1.40. The van der Waals surface area contributed by atoms with Crippen molar-refractivity contribution in [2.24, 2.45) is 0 Å². The van der Waals surface area contributed by atoms with Gasteiger partial charge in [0.15, 0.2) is 5.65 Å². The third kappa shape index (κ3) is 1.39. The van der Waals surface area contributed by atoms with Crippen LogP contribution in [0.2, 0.25) is 0 Å². The highest BCUT2D eigenvalue weighted by Gasteiger charge is 2.15. The Kier molecular flexibility index (Phi) is 1.84. The Morgan fingerprint density at radius 3 is 2.57 bits per heavy atom. The minimum atomic E-state index is 0.134. The van der Waals surface area contributed by atoms with Gasteiger partial charge < -0.3 is 0 Å². The lowest BCUT2D eigenvalue weighted by Crippen LogP contribution is -2.12. The van der Waals surface area contributed by atoms with Gasteiger partial charge in [0.1, 0.15) is 0 Å². The van der Waals surface area contributed by atoms with Crippen molar-refractivity contribution in [3.63, 3.8) is 0 Å². The Bertz CT molecular complexity index is 463. The summed E-state index contributed by atoms with van der Waals surface area (Å²) < 4.78 is 1.86. The molecule has 0 N–H and O–H groups in total. The van der Waals surface area contributed by atoms with Gasteiger partial charge >= 0.3 is 0 Å². The standard InChI is InChI=1S/C11H15N3/c1-8-6-12-10-5-9(11(2,3)4)7-13-14(8)10/h5-7H,1-4H3. The van der Waals surface area contributed by atoms with E-state index in [0.29, 0.717) is 0 Å². The van der Waals surface area contributed by atoms with E-state index in [4.69, 9.17) is 0 Å². The molecule has 0 radical (unpaired) electrons. The summed E-state index contributed by atoms with van der Waals surface area (Å²) in [6, 6.07) is 2.10. The molecule has 0 unspecified atom stereocenters. The summed E-state index contributed by atoms with van der Waals surface area (Å²) in [7, 11) is 0. The third-order valence-electron chi connectivity index (χ3n) is 2.40. The fourth-order valence-electron chi connectivity index (χ4n) is 1.40. The molecule has 0 aromatic carbocycles. The summed E-state index contributed by atoms with van der Waals surface area (Å²) in [6.45, 7) is 8.53. The van der Waals surface area contributed by atoms with Gasteiger partial charge in [-0.2, -0.15) is 5.10 Å². The summed E-state index contributed by atoms with van der Waals surface area (Å²) in [5.41, 5.74) is 3.35. The highest BCUT2D eigenvalue weighted by molar-refractivity contribution is 5.42. The molecule has 0 aliphatic heterocycles. The number of nitrogens with zero attached hydrogens (tertiary/aromatic N) is 3. The molecule has 3 nitrogen and oxygen atoms in total. The number of aromatic nitrogens is 3. The smallest absolute Gasteiger partial charge is 0.154 e. The molecule has 2 aromatic heterocycles. The van der Waals surface area contributed by atoms with Crippen molar-refractivity contribution in [1.82, 2.24) is 14.6 Å². The molecule has 2 aromatic rings. The average molecular weight is 189 g/mol. The molecule has 0 aliphatic carbocycles. The second-order valence-corrected chi connectivity index (χ2v) is 4.66. The van der Waals surface area contributed by atoms with Crippen molar-refractivity contribution in [2.75, 3.05) is 0 Å². The lowest BCUT2D eigenvalue weighted by Gasteiger charge is -2.18. The first-order chi connectivity index (χ1) is 6.48. The minimum absolute atomic E-state index is 0.134. The number of rotatable bonds is 0. The molecule has 0 aliphatic rings. The summed E-state index contributed by atoms with van der Waals surface area (Å²) >= 11 is 0. The Hall–Kier alpha value is -1.38. The highest BCUT2D eigenvalue weighted by atomic mass is 15.2. The number of hydrogen-bond acceptors (Lipinski definition) is 2. The van der Waals surface area contributed by atoms with Crippen LogP contribution in [0, 0.1) is 6.92 Å². The average Bonchev–Trinajstić information content (AvgIpc) is 2.46. The van der Waals surface area contributed by atoms with Crippen LogP contribution in [0.5, 0.6) is 0 Å². The van der Waals surface area contributed by atoms with E-state index in [2.05, 4.69) is 36.9 Å². The molecular formula is C11H15N3. The van der Waals surface area contributed by atoms with E-state index in [-0.39, 0.29) is 5.41 Å². The minimum Gasteiger partial charge on any atom is -0.235 e. The highest BCUT2D eigenvalue weighted by Crippen LogP contribution is 2.22. The summed E-state index contributed by atoms with van der Waals surface area (Å²) in [5, 5.41) is 4.36. The van der Waals surface area contributed by atoms with Gasteiger partial charge in [-0.15, -0.1) is 0 Å². The largest absolute Gasteiger partial charge is 0.235 e. The first kappa shape index (κ1) is 9.19. The maximum atomic E-state index is 4.36. The number of hydrogen-bond donors (Lipinski definition) is 0. The quantitative estimate of drug-likeness (QED) is 0.636. The molecule has 2 heterocycles. The predicted octanol–water partition coefficient (Wildman–Crippen LogP) is 2.34. The van der Waals surface area contributed by atoms with Gasteiger partial charge in [0, 0.05) is 0 Å². The summed E-state index contributed by atoms with van der Waals surface area (Å²) in [5.74, 6) is 0. The van der Waals surface area contributed by atoms with Gasteiger partial charge in [-0.05, 0) is 24.0 Å². The molecule has 0 spiro atoms. The first-order valence-electron chi connectivity index (χ1n) is 4.79. The molecule has 0 fully saturated rings. The Morgan fingerprint density at radius 1 is 1.21 bits per heavy atom. The summed E-state index contributed by atoms with van der Waals surface area (Å²) in [6.07, 6.45) is 3.76. The first-order valence-corrected chi connectivity index (χ1v) is 4.79. The topological polar surface area (TPSA) is 30.2 Å². The molecule has 2 rings (SSSR count). The van der Waals surface area contributed by atoms with Gasteiger partial charge in [0.2, 0.25) is 0 Å². The SMILES string of the molecule is Cc1cnc2cc(C(C)(C)C)cnn12. The number of imidazole rings is 1. The monoisotopic (exact) mass is 189 g/mol. The zero-order valence-electron chi connectivity index (χ0n) is 9.07. The lowest BCUT2D eigenvalue weighted by molar-refractivity contribution is 0.584. The third-order valence-corrected chi connectivity index (χ3v) is 2.40. The van der Waals surface area contributed by atoms with Crippen LogP contribution in [0.4, 0.5) is 0 Å². The molecular weight excluding hydrogens is 174 g/mol. The van der Waals surface area contributed by atoms with E-state index in [1.54, 1.807) is 0 Å². The summed E-state index contributed by atoms with van der Waals surface area (Å²) in [4.78, 5) is 4.29. The van der Waals surface area contributed by atoms with Crippen molar-refractivity contribution >= 4 is 5.65 Å². The molecule has 74 valence electrons. The molecule has 0 saturated carbocycles. The maximum Gasteiger partial charge on any atom is 0.154 e. The van der Waals surface area contributed by atoms with E-state index in [1.807, 2.05) is 23.8 Å². The van der Waals surface area contributed by atoms with Crippen LogP contribution in [-0.4, -0.2) is 14.6 Å². The van der Waals surface area contributed by atoms with Gasteiger partial charge in [-0.1, -0.05) is 20.8 Å². The van der Waals surface area contributed by atoms with Crippen LogP contribution in [0.25, 0.3) is 5.65 Å². The van der Waals surface area contributed by atoms with Gasteiger partial charge in [-0.25, -0.2) is 9.50 Å². The fraction of sp³-hybridized carbons (Fsp3) is 0.455. The van der Waals surface area contributed by atoms with Gasteiger partial charge in [-0.3, -0.25) is 0 Å². The Morgan fingerprint density at radius 2 is 1.93 bits per heavy atom. The Labute approximate surface area is 83.8 Å². The molecule has 14 heavy (non-hydrogen) atoms. The van der Waals surface area contributed by atoms with Crippen LogP contribution < -0.4 is 0 Å². The van der Waals surface area contributed by atoms with Crippen molar-refractivity contribution in [2.45, 2.75) is 33.1 Å². The molecule has 0 saturated heterocycles. The molecule has 0 atom stereocenters. The van der Waals surface area contributed by atoms with Crippen molar-refractivity contribution in [1.29, 1.82) is 0 Å². The van der Waals surface area contributed by atoms with Gasteiger partial charge in [0.05, 0.1) is 18.1 Å². The zero-order valence-corrected chi connectivity index (χ0v) is 9.07. The second-order valence-electron chi connectivity index (χ2n) is 4.66. The van der Waals surface area contributed by atoms with Crippen molar-refractivity contribution < 1.29 is 0 Å². The van der Waals surface area contributed by atoms with Crippen LogP contribution in [0.1, 0.15) is 32.0 Å². The van der Waals surface area contributed by atoms with E-state index in [9.17, 15) is 0 Å². The molecule has 0 amide bonds. The zero-order chi connectivity index (χ0) is 10.3. The Balaban J connectivity index is 2.63. The van der Waals surface area contributed by atoms with Crippen LogP contribution in [-0.2, 0) is 5.41 Å². The molecule has 0 bridgehead atoms. The van der Waals surface area contributed by atoms with Crippen LogP contribution in [0.15, 0.2) is 18.5 Å². The van der Waals surface area contributed by atoms with E-state index >= 15 is 0 Å². The predicted molar refractivity (Wildman–Crippen MR) is 56.4 cm³/mol. The van der Waals surface area contributed by atoms with Crippen LogP contribution in [0.3, 0.4) is 0 Å². The van der Waals surface area contributed by atoms with Crippen molar-refractivity contribution in [3.8, 4) is 0 Å². The maximum absolute atomic E-state index is 4.36. The van der Waals surface area contributed by atoms with E-state index in [1.165, 1.54) is 5.56 Å². The van der Waals surface area contributed by atoms with Crippen LogP contribution >= 0.6 is 0 Å². The van der Waals surface area contributed by atoms with E-state index < -0.39 is 0 Å². The normalized spacial score (nSPS) is 12.3. The van der Waals surface area contributed by atoms with Crippen molar-refractivity contribution in [3.05, 3.63) is 29.7 Å². The second kappa shape index (κ2) is 2.80. The number of fused-ring (bicyclic) bond motifs is 1. The number of aryl methyl sites for hydroxylation is 1.